The highest BCUT2D eigenvalue weighted by Crippen LogP contribution is 2.29. The molecule has 2 aromatic carbocycles. The second-order valence-electron chi connectivity index (χ2n) is 5.76. The van der Waals surface area contributed by atoms with Crippen LogP contribution in [0.4, 0.5) is 5.69 Å². The Bertz CT molecular complexity index is 767. The minimum absolute atomic E-state index is 0.0909. The van der Waals surface area contributed by atoms with Crippen LogP contribution in [0.3, 0.4) is 0 Å². The first kappa shape index (κ1) is 15.2. The summed E-state index contributed by atoms with van der Waals surface area (Å²) in [4.78, 5) is 37.6. The van der Waals surface area contributed by atoms with Gasteiger partial charge in [-0.1, -0.05) is 42.5 Å². The molecule has 2 aromatic rings. The Morgan fingerprint density at radius 3 is 2.52 bits per heavy atom. The molecule has 1 heterocycles. The molecule has 0 radical (unpaired) electrons. The van der Waals surface area contributed by atoms with E-state index in [1.54, 1.807) is 24.3 Å². The zero-order valence-corrected chi connectivity index (χ0v) is 12.9. The average Bonchev–Trinajstić information content (AvgIpc) is 2.82. The van der Waals surface area contributed by atoms with E-state index in [1.807, 2.05) is 30.3 Å². The smallest absolute Gasteiger partial charge is 0.237 e. The molecule has 1 fully saturated rings. The fourth-order valence-corrected chi connectivity index (χ4v) is 2.89. The second-order valence-corrected chi connectivity index (χ2v) is 5.76. The predicted octanol–water partition coefficient (Wildman–Crippen LogP) is 3.01. The molecule has 1 unspecified atom stereocenters. The number of anilines is 1. The molecule has 0 aliphatic carbocycles. The molecular formula is C19H17NO3. The number of carbonyl (C=O) groups is 3. The monoisotopic (exact) mass is 307 g/mol. The average molecular weight is 307 g/mol. The van der Waals surface area contributed by atoms with E-state index in [1.165, 1.54) is 11.8 Å². The number of nitrogens with zero attached hydrogens (tertiary/aromatic N) is 1. The molecule has 0 aromatic heterocycles. The maximum absolute atomic E-state index is 12.6. The van der Waals surface area contributed by atoms with E-state index in [9.17, 15) is 14.4 Å². The molecule has 0 N–H and O–H groups in total. The van der Waals surface area contributed by atoms with E-state index in [0.29, 0.717) is 17.7 Å². The van der Waals surface area contributed by atoms with Gasteiger partial charge in [0.2, 0.25) is 11.8 Å². The molecule has 4 heteroatoms. The summed E-state index contributed by atoms with van der Waals surface area (Å²) in [7, 11) is 0. The normalized spacial score (nSPS) is 17.6. The molecule has 2 amide bonds. The van der Waals surface area contributed by atoms with Gasteiger partial charge in [-0.15, -0.1) is 0 Å². The quantitative estimate of drug-likeness (QED) is 0.644. The molecule has 1 aliphatic heterocycles. The minimum Gasteiger partial charge on any atom is -0.295 e. The summed E-state index contributed by atoms with van der Waals surface area (Å²) in [6.07, 6.45) is 0.756. The van der Waals surface area contributed by atoms with Crippen molar-refractivity contribution < 1.29 is 14.4 Å². The number of benzene rings is 2. The number of amides is 2. The molecule has 23 heavy (non-hydrogen) atoms. The Kier molecular flexibility index (Phi) is 4.06. The molecule has 116 valence electrons. The number of rotatable bonds is 4. The van der Waals surface area contributed by atoms with Gasteiger partial charge in [0.05, 0.1) is 11.6 Å². The molecule has 4 nitrogen and oxygen atoms in total. The highest BCUT2D eigenvalue weighted by atomic mass is 16.2. The van der Waals surface area contributed by atoms with Gasteiger partial charge in [-0.05, 0) is 31.0 Å². The summed E-state index contributed by atoms with van der Waals surface area (Å²) in [5.41, 5.74) is 2.01. The molecule has 0 saturated carbocycles. The summed E-state index contributed by atoms with van der Waals surface area (Å²) in [6.45, 7) is 1.46. The molecule has 1 aliphatic rings. The van der Waals surface area contributed by atoms with Crippen molar-refractivity contribution in [3.8, 4) is 0 Å². The van der Waals surface area contributed by atoms with Crippen LogP contribution in [-0.4, -0.2) is 17.6 Å². The summed E-state index contributed by atoms with van der Waals surface area (Å²) in [5.74, 6) is -0.839. The fourth-order valence-electron chi connectivity index (χ4n) is 2.89. The lowest BCUT2D eigenvalue weighted by Crippen LogP contribution is -2.31. The van der Waals surface area contributed by atoms with Crippen molar-refractivity contribution in [2.45, 2.75) is 19.8 Å². The Balaban J connectivity index is 1.84. The van der Waals surface area contributed by atoms with Gasteiger partial charge in [0, 0.05) is 12.0 Å². The topological polar surface area (TPSA) is 54.5 Å². The van der Waals surface area contributed by atoms with E-state index in [0.717, 1.165) is 5.56 Å². The van der Waals surface area contributed by atoms with Crippen LogP contribution in [0.1, 0.15) is 29.3 Å². The Morgan fingerprint density at radius 1 is 1.09 bits per heavy atom. The van der Waals surface area contributed by atoms with E-state index in [-0.39, 0.29) is 29.9 Å². The predicted molar refractivity (Wildman–Crippen MR) is 87.2 cm³/mol. The molecule has 1 saturated heterocycles. The van der Waals surface area contributed by atoms with E-state index >= 15 is 0 Å². The number of hydrogen-bond acceptors (Lipinski definition) is 3. The number of ketones is 1. The third-order valence-electron chi connectivity index (χ3n) is 4.08. The van der Waals surface area contributed by atoms with Crippen LogP contribution in [0.25, 0.3) is 0 Å². The number of imide groups is 1. The Hall–Kier alpha value is -2.75. The lowest BCUT2D eigenvalue weighted by Gasteiger charge is -2.15. The first-order valence-corrected chi connectivity index (χ1v) is 7.58. The van der Waals surface area contributed by atoms with Crippen molar-refractivity contribution in [3.63, 3.8) is 0 Å². The maximum atomic E-state index is 12.6. The van der Waals surface area contributed by atoms with Crippen LogP contribution in [0.15, 0.2) is 54.6 Å². The van der Waals surface area contributed by atoms with Gasteiger partial charge < -0.3 is 0 Å². The van der Waals surface area contributed by atoms with Gasteiger partial charge in [-0.25, -0.2) is 0 Å². The highest BCUT2D eigenvalue weighted by molar-refractivity contribution is 6.21. The van der Waals surface area contributed by atoms with Crippen molar-refractivity contribution in [1.82, 2.24) is 0 Å². The Morgan fingerprint density at radius 2 is 1.83 bits per heavy atom. The summed E-state index contributed by atoms with van der Waals surface area (Å²) >= 11 is 0. The van der Waals surface area contributed by atoms with Crippen molar-refractivity contribution in [2.24, 2.45) is 5.92 Å². The van der Waals surface area contributed by atoms with E-state index in [2.05, 4.69) is 0 Å². The third-order valence-corrected chi connectivity index (χ3v) is 4.08. The first-order valence-electron chi connectivity index (χ1n) is 7.58. The van der Waals surface area contributed by atoms with Crippen LogP contribution in [0.2, 0.25) is 0 Å². The molecule has 0 bridgehead atoms. The Labute approximate surface area is 134 Å². The van der Waals surface area contributed by atoms with E-state index < -0.39 is 0 Å². The number of hydrogen-bond donors (Lipinski definition) is 0. The summed E-state index contributed by atoms with van der Waals surface area (Å²) in [5, 5.41) is 0. The highest BCUT2D eigenvalue weighted by Gasteiger charge is 2.39. The largest absolute Gasteiger partial charge is 0.295 e. The maximum Gasteiger partial charge on any atom is 0.237 e. The van der Waals surface area contributed by atoms with Crippen LogP contribution >= 0.6 is 0 Å². The lowest BCUT2D eigenvalue weighted by atomic mass is 9.98. The molecule has 1 atom stereocenters. The molecule has 3 rings (SSSR count). The van der Waals surface area contributed by atoms with Gasteiger partial charge in [0.25, 0.3) is 0 Å². The van der Waals surface area contributed by atoms with Gasteiger partial charge in [0.1, 0.15) is 0 Å². The minimum atomic E-state index is -0.342. The first-order chi connectivity index (χ1) is 11.1. The van der Waals surface area contributed by atoms with Crippen molar-refractivity contribution >= 4 is 23.3 Å². The van der Waals surface area contributed by atoms with Crippen LogP contribution < -0.4 is 4.90 Å². The SMILES string of the molecule is CC(=O)c1cccc(N2C(=O)CC(Cc3ccccc3)C2=O)c1. The van der Waals surface area contributed by atoms with E-state index in [4.69, 9.17) is 0 Å². The fraction of sp³-hybridized carbons (Fsp3) is 0.211. The van der Waals surface area contributed by atoms with Crippen molar-refractivity contribution in [3.05, 3.63) is 65.7 Å². The van der Waals surface area contributed by atoms with Crippen LogP contribution in [-0.2, 0) is 16.0 Å². The molecule has 0 spiro atoms. The second kappa shape index (κ2) is 6.16. The number of carbonyl (C=O) groups excluding carboxylic acids is 3. The van der Waals surface area contributed by atoms with Crippen molar-refractivity contribution in [2.75, 3.05) is 4.90 Å². The summed E-state index contributed by atoms with van der Waals surface area (Å²) in [6, 6.07) is 16.3. The zero-order chi connectivity index (χ0) is 16.4. The van der Waals surface area contributed by atoms with Gasteiger partial charge in [-0.3, -0.25) is 19.3 Å². The lowest BCUT2D eigenvalue weighted by molar-refractivity contribution is -0.122. The standard InChI is InChI=1S/C19H17NO3/c1-13(21)15-8-5-9-17(11-15)20-18(22)12-16(19(20)23)10-14-6-3-2-4-7-14/h2-9,11,16H,10,12H2,1H3. The van der Waals surface area contributed by atoms with Gasteiger partial charge in [0.15, 0.2) is 5.78 Å². The van der Waals surface area contributed by atoms with Gasteiger partial charge >= 0.3 is 0 Å². The summed E-state index contributed by atoms with van der Waals surface area (Å²) < 4.78 is 0. The van der Waals surface area contributed by atoms with Crippen LogP contribution in [0, 0.1) is 5.92 Å². The van der Waals surface area contributed by atoms with Crippen molar-refractivity contribution in [1.29, 1.82) is 0 Å². The molecular weight excluding hydrogens is 290 g/mol. The third kappa shape index (κ3) is 3.06. The van der Waals surface area contributed by atoms with Crippen LogP contribution in [0.5, 0.6) is 0 Å². The zero-order valence-electron chi connectivity index (χ0n) is 12.9. The number of Topliss-reactive ketones (excluding diaryl/α,β-unsaturated/α-hetero) is 1. The van der Waals surface area contributed by atoms with Gasteiger partial charge in [-0.2, -0.15) is 0 Å².